The first-order valence-corrected chi connectivity index (χ1v) is 8.04. The van der Waals surface area contributed by atoms with E-state index in [1.165, 1.54) is 0 Å². The van der Waals surface area contributed by atoms with Gasteiger partial charge in [0.1, 0.15) is 6.61 Å². The van der Waals surface area contributed by atoms with Crippen molar-refractivity contribution < 1.29 is 14.3 Å². The summed E-state index contributed by atoms with van der Waals surface area (Å²) in [4.78, 5) is 14.7. The second kappa shape index (κ2) is 7.44. The van der Waals surface area contributed by atoms with Gasteiger partial charge in [0.25, 0.3) is 0 Å². The lowest BCUT2D eigenvalue weighted by Gasteiger charge is -2.32. The zero-order valence-electron chi connectivity index (χ0n) is 13.5. The molecular weight excluding hydrogens is 302 g/mol. The van der Waals surface area contributed by atoms with Gasteiger partial charge in [0.2, 0.25) is 0 Å². The predicted molar refractivity (Wildman–Crippen MR) is 87.3 cm³/mol. The Bertz CT molecular complexity index is 512. The Morgan fingerprint density at radius 3 is 2.73 bits per heavy atom. The number of carbonyl (C=O) groups excluding carboxylic acids is 1. The van der Waals surface area contributed by atoms with Gasteiger partial charge in [-0.05, 0) is 38.5 Å². The molecule has 1 aromatic rings. The number of morpholine rings is 1. The molecule has 0 unspecified atom stereocenters. The summed E-state index contributed by atoms with van der Waals surface area (Å²) in [5, 5.41) is 0.625. The van der Waals surface area contributed by atoms with Gasteiger partial charge in [-0.25, -0.2) is 0 Å². The molecule has 1 aliphatic heterocycles. The van der Waals surface area contributed by atoms with Crippen LogP contribution in [0, 0.1) is 0 Å². The number of esters is 1. The molecule has 1 saturated heterocycles. The lowest BCUT2D eigenvalue weighted by molar-refractivity contribution is -0.151. The highest BCUT2D eigenvalue weighted by Gasteiger charge is 2.32. The fourth-order valence-electron chi connectivity index (χ4n) is 2.50. The Hall–Kier alpha value is -1.10. The molecule has 4 nitrogen and oxygen atoms in total. The summed E-state index contributed by atoms with van der Waals surface area (Å²) in [7, 11) is 0. The van der Waals surface area contributed by atoms with Gasteiger partial charge in [0.05, 0.1) is 18.6 Å². The largest absolute Gasteiger partial charge is 0.463 e. The lowest BCUT2D eigenvalue weighted by Crippen LogP contribution is -2.45. The standard InChI is InChI=1S/C17H24ClNO3/c1-13(19-7-9-21-10-8-19)12-22-16(20)17(2,3)14-5-4-6-15(18)11-14/h4-6,11,13H,7-10,12H2,1-3H3/t13-/m0/s1. The Morgan fingerprint density at radius 2 is 2.09 bits per heavy atom. The molecule has 1 fully saturated rings. The minimum Gasteiger partial charge on any atom is -0.463 e. The van der Waals surface area contributed by atoms with Gasteiger partial charge in [0, 0.05) is 24.2 Å². The molecule has 0 bridgehead atoms. The number of halogens is 1. The van der Waals surface area contributed by atoms with Crippen molar-refractivity contribution in [3.8, 4) is 0 Å². The zero-order chi connectivity index (χ0) is 16.2. The maximum atomic E-state index is 12.5. The van der Waals surface area contributed by atoms with Crippen molar-refractivity contribution in [1.29, 1.82) is 0 Å². The zero-order valence-corrected chi connectivity index (χ0v) is 14.2. The molecular formula is C17H24ClNO3. The van der Waals surface area contributed by atoms with Crippen LogP contribution in [0.15, 0.2) is 24.3 Å². The van der Waals surface area contributed by atoms with Crippen molar-refractivity contribution in [2.24, 2.45) is 0 Å². The van der Waals surface area contributed by atoms with Crippen LogP contribution in [0.1, 0.15) is 26.3 Å². The number of hydrogen-bond acceptors (Lipinski definition) is 4. The van der Waals surface area contributed by atoms with E-state index in [4.69, 9.17) is 21.1 Å². The molecule has 0 radical (unpaired) electrons. The predicted octanol–water partition coefficient (Wildman–Crippen LogP) is 2.88. The Kier molecular flexibility index (Phi) is 5.84. The summed E-state index contributed by atoms with van der Waals surface area (Å²) >= 11 is 6.01. The number of ether oxygens (including phenoxy) is 2. The number of hydrogen-bond donors (Lipinski definition) is 0. The third-order valence-corrected chi connectivity index (χ3v) is 4.42. The monoisotopic (exact) mass is 325 g/mol. The van der Waals surface area contributed by atoms with Crippen molar-refractivity contribution in [2.75, 3.05) is 32.9 Å². The minimum atomic E-state index is -0.713. The van der Waals surface area contributed by atoms with Crippen molar-refractivity contribution in [3.63, 3.8) is 0 Å². The van der Waals surface area contributed by atoms with E-state index in [1.54, 1.807) is 6.07 Å². The molecule has 0 aromatic heterocycles. The number of carbonyl (C=O) groups is 1. The van der Waals surface area contributed by atoms with Crippen molar-refractivity contribution >= 4 is 17.6 Å². The maximum Gasteiger partial charge on any atom is 0.316 e. The Morgan fingerprint density at radius 1 is 1.41 bits per heavy atom. The van der Waals surface area contributed by atoms with Crippen molar-refractivity contribution in [3.05, 3.63) is 34.9 Å². The van der Waals surface area contributed by atoms with E-state index in [0.717, 1.165) is 31.9 Å². The number of rotatable bonds is 5. The van der Waals surface area contributed by atoms with Crippen LogP contribution in [-0.4, -0.2) is 49.8 Å². The average Bonchev–Trinajstić information content (AvgIpc) is 2.53. The van der Waals surface area contributed by atoms with Crippen LogP contribution in [0.4, 0.5) is 0 Å². The molecule has 22 heavy (non-hydrogen) atoms. The van der Waals surface area contributed by atoms with E-state index >= 15 is 0 Å². The van der Waals surface area contributed by atoms with Crippen molar-refractivity contribution in [2.45, 2.75) is 32.2 Å². The molecule has 5 heteroatoms. The van der Waals surface area contributed by atoms with Crippen LogP contribution < -0.4 is 0 Å². The van der Waals surface area contributed by atoms with Gasteiger partial charge in [0.15, 0.2) is 0 Å². The first-order valence-electron chi connectivity index (χ1n) is 7.66. The smallest absolute Gasteiger partial charge is 0.316 e. The molecule has 0 spiro atoms. The number of benzene rings is 1. The molecule has 0 amide bonds. The highest BCUT2D eigenvalue weighted by Crippen LogP contribution is 2.27. The minimum absolute atomic E-state index is 0.197. The third kappa shape index (κ3) is 4.22. The summed E-state index contributed by atoms with van der Waals surface area (Å²) in [5.41, 5.74) is 0.152. The van der Waals surface area contributed by atoms with Crippen molar-refractivity contribution in [1.82, 2.24) is 4.90 Å². The molecule has 0 aliphatic carbocycles. The molecule has 1 aliphatic rings. The summed E-state index contributed by atoms with van der Waals surface area (Å²) in [6.07, 6.45) is 0. The van der Waals surface area contributed by atoms with E-state index in [-0.39, 0.29) is 12.0 Å². The molecule has 1 aromatic carbocycles. The van der Waals surface area contributed by atoms with E-state index in [2.05, 4.69) is 11.8 Å². The summed E-state index contributed by atoms with van der Waals surface area (Å²) in [5.74, 6) is -0.227. The van der Waals surface area contributed by atoms with E-state index in [9.17, 15) is 4.79 Å². The van der Waals surface area contributed by atoms with Crippen LogP contribution in [-0.2, 0) is 19.7 Å². The molecule has 0 N–H and O–H groups in total. The summed E-state index contributed by atoms with van der Waals surface area (Å²) < 4.78 is 10.9. The first kappa shape index (κ1) is 17.3. The van der Waals surface area contributed by atoms with Gasteiger partial charge in [-0.2, -0.15) is 0 Å². The molecule has 1 heterocycles. The van der Waals surface area contributed by atoms with Gasteiger partial charge in [-0.1, -0.05) is 23.7 Å². The fourth-order valence-corrected chi connectivity index (χ4v) is 2.69. The van der Waals surface area contributed by atoms with Gasteiger partial charge >= 0.3 is 5.97 Å². The van der Waals surface area contributed by atoms with Crippen LogP contribution in [0.25, 0.3) is 0 Å². The highest BCUT2D eigenvalue weighted by atomic mass is 35.5. The molecule has 1 atom stereocenters. The van der Waals surface area contributed by atoms with Gasteiger partial charge in [-0.3, -0.25) is 9.69 Å². The quantitative estimate of drug-likeness (QED) is 0.780. The second-order valence-corrected chi connectivity index (χ2v) is 6.67. The Balaban J connectivity index is 1.93. The second-order valence-electron chi connectivity index (χ2n) is 6.23. The van der Waals surface area contributed by atoms with E-state index in [1.807, 2.05) is 32.0 Å². The van der Waals surface area contributed by atoms with E-state index < -0.39 is 5.41 Å². The first-order chi connectivity index (χ1) is 10.4. The van der Waals surface area contributed by atoms with Crippen LogP contribution in [0.3, 0.4) is 0 Å². The summed E-state index contributed by atoms with van der Waals surface area (Å²) in [6.45, 7) is 9.44. The average molecular weight is 326 g/mol. The highest BCUT2D eigenvalue weighted by molar-refractivity contribution is 6.30. The molecule has 2 rings (SSSR count). The van der Waals surface area contributed by atoms with Gasteiger partial charge < -0.3 is 9.47 Å². The van der Waals surface area contributed by atoms with Crippen LogP contribution >= 0.6 is 11.6 Å². The Labute approximate surface area is 137 Å². The van der Waals surface area contributed by atoms with Gasteiger partial charge in [-0.15, -0.1) is 0 Å². The number of nitrogens with zero attached hydrogens (tertiary/aromatic N) is 1. The molecule has 122 valence electrons. The van der Waals surface area contributed by atoms with Crippen LogP contribution in [0.5, 0.6) is 0 Å². The SMILES string of the molecule is C[C@@H](COC(=O)C(C)(C)c1cccc(Cl)c1)N1CCOCC1. The summed E-state index contributed by atoms with van der Waals surface area (Å²) in [6, 6.07) is 7.56. The van der Waals surface area contributed by atoms with Crippen LogP contribution in [0.2, 0.25) is 5.02 Å². The molecule has 0 saturated carbocycles. The normalized spacial score (nSPS) is 18.0. The lowest BCUT2D eigenvalue weighted by atomic mass is 9.85. The fraction of sp³-hybridized carbons (Fsp3) is 0.588. The maximum absolute atomic E-state index is 12.5. The third-order valence-electron chi connectivity index (χ3n) is 4.18. The topological polar surface area (TPSA) is 38.8 Å². The van der Waals surface area contributed by atoms with E-state index in [0.29, 0.717) is 11.6 Å².